The number of carbonyl (C=O) groups excluding carboxylic acids is 2. The third-order valence-electron chi connectivity index (χ3n) is 15.9. The molecule has 0 spiro atoms. The van der Waals surface area contributed by atoms with Gasteiger partial charge in [-0.2, -0.15) is 0 Å². The number of ether oxygens (including phenoxy) is 3. The number of hydrogen-bond acceptors (Lipinski definition) is 10. The molecule has 1 heterocycles. The van der Waals surface area contributed by atoms with Crippen molar-refractivity contribution in [2.45, 2.75) is 346 Å². The minimum absolute atomic E-state index is 0.0721. The summed E-state index contributed by atoms with van der Waals surface area (Å²) in [5, 5.41) is 57.1. The molecule has 480 valence electrons. The van der Waals surface area contributed by atoms with E-state index in [0.717, 1.165) is 64.2 Å². The first-order chi connectivity index (χ1) is 40.7. The molecule has 1 fully saturated rings. The van der Waals surface area contributed by atoms with E-state index in [1.807, 2.05) is 54.7 Å². The standard InChI is InChI=1S/C72H127NO10/c1-4-7-10-13-16-19-22-25-27-28-29-30-31-32-33-34-35-36-37-39-41-44-47-50-53-56-59-65(76)71(80)73-63(64(75)58-55-52-49-46-43-40-24-21-18-15-12-9-6-3)62-81-72-70(69(79)68(78)66(61-74)82-72)83-67(77)60-57-54-51-48-45-42-38-26-23-20-17-14-11-8-5-2/h8,11,14,17,20,23,25-27,38,42,45,55,58,63-66,68-70,72,74-76,78-79H,4-7,9-10,12-13,15-16,18-19,21-22,24,28-37,39-41,43-44,46-54,56-57,59-62H2,1-3H3,(H,73,80)/b11-8+,17-14+,23-20-,27-25+,38-26-,45-42+,58-55+. The van der Waals surface area contributed by atoms with E-state index in [2.05, 4.69) is 50.4 Å². The van der Waals surface area contributed by atoms with Gasteiger partial charge in [0, 0.05) is 6.42 Å². The summed E-state index contributed by atoms with van der Waals surface area (Å²) in [5.74, 6) is -1.23. The van der Waals surface area contributed by atoms with Crippen molar-refractivity contribution in [3.05, 3.63) is 85.1 Å². The number of hydrogen-bond donors (Lipinski definition) is 6. The lowest BCUT2D eigenvalue weighted by Crippen LogP contribution is -2.61. The Hall–Kier alpha value is -3.16. The Morgan fingerprint density at radius 2 is 0.880 bits per heavy atom. The lowest BCUT2D eigenvalue weighted by molar-refractivity contribution is -0.305. The van der Waals surface area contributed by atoms with E-state index in [0.29, 0.717) is 12.8 Å². The fraction of sp³-hybridized carbons (Fsp3) is 0.778. The second kappa shape index (κ2) is 59.2. The summed E-state index contributed by atoms with van der Waals surface area (Å²) in [5.41, 5.74) is 0. The zero-order valence-electron chi connectivity index (χ0n) is 53.3. The highest BCUT2D eigenvalue weighted by atomic mass is 16.7. The summed E-state index contributed by atoms with van der Waals surface area (Å²) in [7, 11) is 0. The average Bonchev–Trinajstić information content (AvgIpc) is 3.54. The molecular formula is C72H127NO10. The molecule has 0 aromatic rings. The highest BCUT2D eigenvalue weighted by molar-refractivity contribution is 5.80. The summed E-state index contributed by atoms with van der Waals surface area (Å²) in [4.78, 5) is 26.6. The molecule has 0 aromatic heterocycles. The Labute approximate surface area is 508 Å². The van der Waals surface area contributed by atoms with Crippen LogP contribution in [-0.4, -0.2) is 99.6 Å². The lowest BCUT2D eigenvalue weighted by Gasteiger charge is -2.41. The molecule has 6 N–H and O–H groups in total. The average molecular weight is 1170 g/mol. The molecule has 11 heteroatoms. The van der Waals surface area contributed by atoms with Crippen LogP contribution >= 0.6 is 0 Å². The van der Waals surface area contributed by atoms with E-state index in [1.165, 1.54) is 186 Å². The topological polar surface area (TPSA) is 175 Å². The van der Waals surface area contributed by atoms with Crippen molar-refractivity contribution in [3.63, 3.8) is 0 Å². The quantitative estimate of drug-likeness (QED) is 0.0149. The number of nitrogens with one attached hydrogen (secondary N) is 1. The largest absolute Gasteiger partial charge is 0.454 e. The highest BCUT2D eigenvalue weighted by Crippen LogP contribution is 2.26. The highest BCUT2D eigenvalue weighted by Gasteiger charge is 2.47. The second-order valence-corrected chi connectivity index (χ2v) is 23.6. The molecule has 0 aliphatic carbocycles. The van der Waals surface area contributed by atoms with E-state index in [9.17, 15) is 35.1 Å². The van der Waals surface area contributed by atoms with Gasteiger partial charge in [0.05, 0.1) is 25.4 Å². The Balaban J connectivity index is 2.59. The molecule has 11 nitrogen and oxygen atoms in total. The summed E-state index contributed by atoms with van der Waals surface area (Å²) in [6.45, 7) is 5.64. The summed E-state index contributed by atoms with van der Waals surface area (Å²) in [6, 6.07) is -1.04. The maximum atomic E-state index is 13.5. The second-order valence-electron chi connectivity index (χ2n) is 23.6. The van der Waals surface area contributed by atoms with Crippen molar-refractivity contribution in [2.24, 2.45) is 0 Å². The van der Waals surface area contributed by atoms with Gasteiger partial charge in [-0.05, 0) is 70.6 Å². The van der Waals surface area contributed by atoms with Crippen LogP contribution in [0.25, 0.3) is 0 Å². The first kappa shape index (κ1) is 77.9. The first-order valence-electron chi connectivity index (χ1n) is 34.4. The molecule has 1 rings (SSSR count). The Kier molecular flexibility index (Phi) is 55.5. The number of carbonyl (C=O) groups is 2. The summed E-state index contributed by atoms with van der Waals surface area (Å²) >= 11 is 0. The van der Waals surface area contributed by atoms with E-state index < -0.39 is 67.4 Å². The smallest absolute Gasteiger partial charge is 0.306 e. The van der Waals surface area contributed by atoms with Crippen molar-refractivity contribution in [2.75, 3.05) is 13.2 Å². The zero-order chi connectivity index (χ0) is 60.3. The number of rotatable bonds is 58. The predicted octanol–water partition coefficient (Wildman–Crippen LogP) is 17.3. The van der Waals surface area contributed by atoms with Crippen LogP contribution in [0.1, 0.15) is 297 Å². The van der Waals surface area contributed by atoms with Crippen molar-refractivity contribution in [1.29, 1.82) is 0 Å². The molecule has 8 atom stereocenters. The van der Waals surface area contributed by atoms with Gasteiger partial charge in [-0.1, -0.05) is 305 Å². The van der Waals surface area contributed by atoms with Gasteiger partial charge >= 0.3 is 5.97 Å². The van der Waals surface area contributed by atoms with Crippen LogP contribution in [0, 0.1) is 0 Å². The van der Waals surface area contributed by atoms with Crippen molar-refractivity contribution in [1.82, 2.24) is 5.32 Å². The fourth-order valence-electron chi connectivity index (χ4n) is 10.5. The minimum atomic E-state index is -1.63. The molecular weight excluding hydrogens is 1040 g/mol. The fourth-order valence-corrected chi connectivity index (χ4v) is 10.5. The van der Waals surface area contributed by atoms with Gasteiger partial charge in [0.1, 0.15) is 24.4 Å². The maximum absolute atomic E-state index is 13.5. The van der Waals surface area contributed by atoms with Crippen LogP contribution in [0.15, 0.2) is 85.1 Å². The van der Waals surface area contributed by atoms with Crippen LogP contribution in [0.4, 0.5) is 0 Å². The molecule has 0 bridgehead atoms. The molecule has 1 aliphatic heterocycles. The van der Waals surface area contributed by atoms with Crippen LogP contribution in [0.3, 0.4) is 0 Å². The van der Waals surface area contributed by atoms with Crippen LogP contribution in [0.2, 0.25) is 0 Å². The number of esters is 1. The molecule has 1 amide bonds. The minimum Gasteiger partial charge on any atom is -0.454 e. The van der Waals surface area contributed by atoms with E-state index in [-0.39, 0.29) is 19.4 Å². The SMILES string of the molecule is CC/C=C/C=C/C=C\C=C/C=C/CCCCCC(=O)OC1C(OCC(NC(=O)C(O)CCCCCCCCCCCCCCCCCC/C=C/CCCCCCCC)C(O)/C=C/CCCCCCCCCCCCC)OC(CO)C(O)C1O. The summed E-state index contributed by atoms with van der Waals surface area (Å²) < 4.78 is 17.6. The summed E-state index contributed by atoms with van der Waals surface area (Å²) in [6.07, 6.45) is 67.8. The molecule has 0 radical (unpaired) electrons. The van der Waals surface area contributed by atoms with Gasteiger partial charge in [0.2, 0.25) is 5.91 Å². The molecule has 83 heavy (non-hydrogen) atoms. The van der Waals surface area contributed by atoms with Crippen LogP contribution in [0.5, 0.6) is 0 Å². The van der Waals surface area contributed by atoms with Crippen molar-refractivity contribution < 1.29 is 49.3 Å². The van der Waals surface area contributed by atoms with Crippen LogP contribution in [-0.2, 0) is 23.8 Å². The molecule has 8 unspecified atom stereocenters. The molecule has 0 aromatic carbocycles. The number of aliphatic hydroxyl groups is 5. The molecule has 0 saturated carbocycles. The monoisotopic (exact) mass is 1170 g/mol. The van der Waals surface area contributed by atoms with Crippen molar-refractivity contribution >= 4 is 11.9 Å². The number of allylic oxidation sites excluding steroid dienone is 13. The Morgan fingerprint density at radius 3 is 1.34 bits per heavy atom. The van der Waals surface area contributed by atoms with Gasteiger partial charge in [0.15, 0.2) is 12.4 Å². The third kappa shape index (κ3) is 46.7. The van der Waals surface area contributed by atoms with E-state index in [1.54, 1.807) is 6.08 Å². The van der Waals surface area contributed by atoms with E-state index >= 15 is 0 Å². The first-order valence-corrected chi connectivity index (χ1v) is 34.4. The van der Waals surface area contributed by atoms with Gasteiger partial charge in [-0.3, -0.25) is 9.59 Å². The lowest BCUT2D eigenvalue weighted by atomic mass is 9.99. The Morgan fingerprint density at radius 1 is 0.482 bits per heavy atom. The zero-order valence-corrected chi connectivity index (χ0v) is 53.3. The maximum Gasteiger partial charge on any atom is 0.306 e. The van der Waals surface area contributed by atoms with Crippen LogP contribution < -0.4 is 5.32 Å². The Bertz CT molecular complexity index is 1670. The predicted molar refractivity (Wildman–Crippen MR) is 347 cm³/mol. The van der Waals surface area contributed by atoms with Gasteiger partial charge < -0.3 is 45.1 Å². The van der Waals surface area contributed by atoms with Crippen molar-refractivity contribution in [3.8, 4) is 0 Å². The van der Waals surface area contributed by atoms with Gasteiger partial charge in [0.25, 0.3) is 0 Å². The van der Waals surface area contributed by atoms with E-state index in [4.69, 9.17) is 14.2 Å². The molecule has 1 saturated heterocycles. The number of unbranched alkanes of at least 4 members (excludes halogenated alkanes) is 36. The third-order valence-corrected chi connectivity index (χ3v) is 15.9. The molecule has 1 aliphatic rings. The normalized spacial score (nSPS) is 19.1. The number of amides is 1. The number of aliphatic hydroxyl groups excluding tert-OH is 5. The van der Waals surface area contributed by atoms with Gasteiger partial charge in [-0.25, -0.2) is 0 Å². The van der Waals surface area contributed by atoms with Gasteiger partial charge in [-0.15, -0.1) is 0 Å².